The summed E-state index contributed by atoms with van der Waals surface area (Å²) >= 11 is 0. The van der Waals surface area contributed by atoms with Gasteiger partial charge in [-0.15, -0.1) is 0 Å². The van der Waals surface area contributed by atoms with Crippen LogP contribution in [0.4, 0.5) is 0 Å². The fourth-order valence-electron chi connectivity index (χ4n) is 1.12. The first-order valence-corrected chi connectivity index (χ1v) is 4.16. The summed E-state index contributed by atoms with van der Waals surface area (Å²) in [4.78, 5) is 0. The highest BCUT2D eigenvalue weighted by molar-refractivity contribution is 5.33. The number of ether oxygens (including phenoxy) is 1. The van der Waals surface area contributed by atoms with Crippen molar-refractivity contribution in [2.75, 3.05) is 13.2 Å². The Morgan fingerprint density at radius 1 is 1.38 bits per heavy atom. The minimum Gasteiger partial charge on any atom is -0.478 e. The molecule has 0 saturated carbocycles. The van der Waals surface area contributed by atoms with Gasteiger partial charge < -0.3 is 10.5 Å². The summed E-state index contributed by atoms with van der Waals surface area (Å²) in [5, 5.41) is 8.35. The van der Waals surface area contributed by atoms with E-state index in [0.29, 0.717) is 6.54 Å². The third-order valence-electron chi connectivity index (χ3n) is 1.68. The fourth-order valence-corrected chi connectivity index (χ4v) is 1.12. The maximum Gasteiger partial charge on any atom is 0.174 e. The normalized spacial score (nSPS) is 9.23. The third kappa shape index (κ3) is 2.77. The van der Waals surface area contributed by atoms with Crippen molar-refractivity contribution in [2.45, 2.75) is 6.42 Å². The van der Waals surface area contributed by atoms with Gasteiger partial charge in [0.15, 0.2) is 6.61 Å². The molecule has 1 aromatic rings. The smallest absolute Gasteiger partial charge is 0.174 e. The molecule has 1 aromatic carbocycles. The summed E-state index contributed by atoms with van der Waals surface area (Å²) in [5.41, 5.74) is 6.49. The van der Waals surface area contributed by atoms with Crippen molar-refractivity contribution < 1.29 is 4.74 Å². The number of nitrogens with two attached hydrogens (primary N) is 1. The molecule has 0 aliphatic heterocycles. The zero-order chi connectivity index (χ0) is 9.52. The van der Waals surface area contributed by atoms with Gasteiger partial charge in [-0.3, -0.25) is 0 Å². The standard InChI is InChI=1S/C10H12N2O/c11-6-5-9-3-1-2-4-10(9)13-8-7-12/h1-4H,5-6,8,11H2. The molecule has 0 radical (unpaired) electrons. The summed E-state index contributed by atoms with van der Waals surface area (Å²) < 4.78 is 5.22. The van der Waals surface area contributed by atoms with Crippen LogP contribution in [0.15, 0.2) is 24.3 Å². The molecule has 68 valence electrons. The van der Waals surface area contributed by atoms with Crippen molar-refractivity contribution >= 4 is 0 Å². The Labute approximate surface area is 77.7 Å². The van der Waals surface area contributed by atoms with Crippen LogP contribution in [-0.4, -0.2) is 13.2 Å². The van der Waals surface area contributed by atoms with Crippen molar-refractivity contribution in [3.8, 4) is 11.8 Å². The van der Waals surface area contributed by atoms with E-state index in [1.54, 1.807) is 0 Å². The summed E-state index contributed by atoms with van der Waals surface area (Å²) in [6.45, 7) is 0.675. The van der Waals surface area contributed by atoms with Crippen LogP contribution in [0.2, 0.25) is 0 Å². The van der Waals surface area contributed by atoms with E-state index < -0.39 is 0 Å². The van der Waals surface area contributed by atoms with Crippen LogP contribution >= 0.6 is 0 Å². The fraction of sp³-hybridized carbons (Fsp3) is 0.300. The van der Waals surface area contributed by atoms with E-state index in [4.69, 9.17) is 15.7 Å². The monoisotopic (exact) mass is 176 g/mol. The van der Waals surface area contributed by atoms with Gasteiger partial charge in [-0.1, -0.05) is 18.2 Å². The van der Waals surface area contributed by atoms with Gasteiger partial charge in [0, 0.05) is 0 Å². The molecule has 0 heterocycles. The number of rotatable bonds is 4. The maximum absolute atomic E-state index is 8.35. The lowest BCUT2D eigenvalue weighted by Crippen LogP contribution is -2.05. The van der Waals surface area contributed by atoms with Crippen molar-refractivity contribution in [3.63, 3.8) is 0 Å². The first kappa shape index (κ1) is 9.56. The second-order valence-corrected chi connectivity index (χ2v) is 2.59. The van der Waals surface area contributed by atoms with Gasteiger partial charge in [0.05, 0.1) is 0 Å². The minimum atomic E-state index is 0.0849. The Bertz CT molecular complexity index is 304. The predicted octanol–water partition coefficient (Wildman–Crippen LogP) is 1.09. The summed E-state index contributed by atoms with van der Waals surface area (Å²) in [5.74, 6) is 0.759. The number of nitriles is 1. The molecule has 13 heavy (non-hydrogen) atoms. The van der Waals surface area contributed by atoms with Crippen LogP contribution in [0, 0.1) is 11.3 Å². The van der Waals surface area contributed by atoms with Crippen LogP contribution < -0.4 is 10.5 Å². The molecule has 0 bridgehead atoms. The van der Waals surface area contributed by atoms with Gasteiger partial charge in [0.2, 0.25) is 0 Å². The molecule has 0 aromatic heterocycles. The second kappa shape index (κ2) is 5.18. The number of nitrogens with zero attached hydrogens (tertiary/aromatic N) is 1. The van der Waals surface area contributed by atoms with Crippen LogP contribution in [0.25, 0.3) is 0 Å². The van der Waals surface area contributed by atoms with Crippen LogP contribution in [0.1, 0.15) is 5.56 Å². The third-order valence-corrected chi connectivity index (χ3v) is 1.68. The van der Waals surface area contributed by atoms with E-state index in [1.165, 1.54) is 0 Å². The topological polar surface area (TPSA) is 59.0 Å². The largest absolute Gasteiger partial charge is 0.478 e. The van der Waals surface area contributed by atoms with Crippen molar-refractivity contribution in [2.24, 2.45) is 5.73 Å². The van der Waals surface area contributed by atoms with Crippen LogP contribution in [0.5, 0.6) is 5.75 Å². The summed E-state index contributed by atoms with van der Waals surface area (Å²) in [6.07, 6.45) is 0.779. The lowest BCUT2D eigenvalue weighted by molar-refractivity contribution is 0.364. The Kier molecular flexibility index (Phi) is 3.80. The quantitative estimate of drug-likeness (QED) is 0.747. The molecule has 0 saturated heterocycles. The molecular formula is C10H12N2O. The molecular weight excluding hydrogens is 164 g/mol. The van der Waals surface area contributed by atoms with Crippen molar-refractivity contribution in [1.29, 1.82) is 5.26 Å². The van der Waals surface area contributed by atoms with E-state index in [1.807, 2.05) is 30.3 Å². The average molecular weight is 176 g/mol. The Balaban J connectivity index is 2.73. The van der Waals surface area contributed by atoms with Crippen LogP contribution in [0.3, 0.4) is 0 Å². The SMILES string of the molecule is N#CCOc1ccccc1CCN. The molecule has 3 nitrogen and oxygen atoms in total. The first-order valence-electron chi connectivity index (χ1n) is 4.16. The van der Waals surface area contributed by atoms with Crippen LogP contribution in [-0.2, 0) is 6.42 Å². The molecule has 0 fully saturated rings. The van der Waals surface area contributed by atoms with Gasteiger partial charge in [-0.25, -0.2) is 0 Å². The molecule has 0 unspecified atom stereocenters. The molecule has 3 heteroatoms. The second-order valence-electron chi connectivity index (χ2n) is 2.59. The zero-order valence-corrected chi connectivity index (χ0v) is 7.36. The first-order chi connectivity index (χ1) is 6.38. The Morgan fingerprint density at radius 3 is 2.85 bits per heavy atom. The number of para-hydroxylation sites is 1. The lowest BCUT2D eigenvalue weighted by atomic mass is 10.1. The molecule has 0 aliphatic carbocycles. The van der Waals surface area contributed by atoms with Gasteiger partial charge in [-0.2, -0.15) is 5.26 Å². The maximum atomic E-state index is 8.35. The molecule has 0 aliphatic rings. The highest BCUT2D eigenvalue weighted by atomic mass is 16.5. The zero-order valence-electron chi connectivity index (χ0n) is 7.36. The lowest BCUT2D eigenvalue weighted by Gasteiger charge is -2.07. The molecule has 2 N–H and O–H groups in total. The highest BCUT2D eigenvalue weighted by Crippen LogP contribution is 2.17. The van der Waals surface area contributed by atoms with Gasteiger partial charge in [0.1, 0.15) is 11.8 Å². The minimum absolute atomic E-state index is 0.0849. The Morgan fingerprint density at radius 2 is 2.15 bits per heavy atom. The molecule has 0 spiro atoms. The average Bonchev–Trinajstić information content (AvgIpc) is 2.17. The highest BCUT2D eigenvalue weighted by Gasteiger charge is 2.00. The van der Waals surface area contributed by atoms with Gasteiger partial charge >= 0.3 is 0 Å². The van der Waals surface area contributed by atoms with E-state index in [9.17, 15) is 0 Å². The summed E-state index contributed by atoms with van der Waals surface area (Å²) in [6, 6.07) is 9.56. The number of benzene rings is 1. The molecule has 0 atom stereocenters. The summed E-state index contributed by atoms with van der Waals surface area (Å²) in [7, 11) is 0. The van der Waals surface area contributed by atoms with E-state index >= 15 is 0 Å². The van der Waals surface area contributed by atoms with Crippen molar-refractivity contribution in [3.05, 3.63) is 29.8 Å². The van der Waals surface area contributed by atoms with E-state index in [-0.39, 0.29) is 6.61 Å². The number of hydrogen-bond acceptors (Lipinski definition) is 3. The van der Waals surface area contributed by atoms with E-state index in [2.05, 4.69) is 0 Å². The van der Waals surface area contributed by atoms with Crippen molar-refractivity contribution in [1.82, 2.24) is 0 Å². The van der Waals surface area contributed by atoms with Gasteiger partial charge in [-0.05, 0) is 24.6 Å². The predicted molar refractivity (Wildman–Crippen MR) is 50.3 cm³/mol. The molecule has 1 rings (SSSR count). The van der Waals surface area contributed by atoms with E-state index in [0.717, 1.165) is 17.7 Å². The van der Waals surface area contributed by atoms with Gasteiger partial charge in [0.25, 0.3) is 0 Å². The number of hydrogen-bond donors (Lipinski definition) is 1. The molecule has 0 amide bonds. The Hall–Kier alpha value is -1.53.